The van der Waals surface area contributed by atoms with Crippen molar-refractivity contribution in [3.63, 3.8) is 0 Å². The largest absolute Gasteiger partial charge is 0.750 e. The second kappa shape index (κ2) is 5.13. The number of aliphatic hydroxyl groups is 1. The summed E-state index contributed by atoms with van der Waals surface area (Å²) in [4.78, 5) is 0. The highest BCUT2D eigenvalue weighted by atomic mass is 35.5. The number of alkyl halides is 1. The van der Waals surface area contributed by atoms with Crippen molar-refractivity contribution in [1.29, 1.82) is 0 Å². The predicted octanol–water partition coefficient (Wildman–Crippen LogP) is -0.603. The highest BCUT2D eigenvalue weighted by Crippen LogP contribution is 1.89. The number of aliphatic hydroxyl groups excluding tert-OH is 1. The third-order valence-electron chi connectivity index (χ3n) is 0.535. The van der Waals surface area contributed by atoms with Crippen molar-refractivity contribution in [3.05, 3.63) is 0 Å². The fourth-order valence-corrected chi connectivity index (χ4v) is 0.536. The van der Waals surface area contributed by atoms with Gasteiger partial charge in [0.15, 0.2) is 0 Å². The molecular formula is C3H6ClO4S-. The highest BCUT2D eigenvalue weighted by molar-refractivity contribution is 7.74. The van der Waals surface area contributed by atoms with Crippen molar-refractivity contribution in [1.82, 2.24) is 0 Å². The molecule has 0 spiro atoms. The van der Waals surface area contributed by atoms with E-state index in [0.717, 1.165) is 0 Å². The molecule has 4 nitrogen and oxygen atoms in total. The van der Waals surface area contributed by atoms with Crippen LogP contribution < -0.4 is 0 Å². The van der Waals surface area contributed by atoms with Crippen molar-refractivity contribution >= 4 is 23.0 Å². The summed E-state index contributed by atoms with van der Waals surface area (Å²) in [5.74, 6) is -0.0306. The van der Waals surface area contributed by atoms with Gasteiger partial charge in [0.2, 0.25) is 0 Å². The van der Waals surface area contributed by atoms with E-state index in [9.17, 15) is 8.76 Å². The molecule has 2 unspecified atom stereocenters. The van der Waals surface area contributed by atoms with Gasteiger partial charge in [-0.2, -0.15) is 0 Å². The summed E-state index contributed by atoms with van der Waals surface area (Å²) >= 11 is 2.55. The average molecular weight is 174 g/mol. The van der Waals surface area contributed by atoms with Crippen molar-refractivity contribution in [2.45, 2.75) is 6.10 Å². The molecule has 0 aromatic carbocycles. The summed E-state index contributed by atoms with van der Waals surface area (Å²) in [5, 5.41) is 8.58. The van der Waals surface area contributed by atoms with Gasteiger partial charge in [-0.1, -0.05) is 0 Å². The molecule has 9 heavy (non-hydrogen) atoms. The van der Waals surface area contributed by atoms with Crippen LogP contribution in [-0.2, 0) is 15.5 Å². The van der Waals surface area contributed by atoms with E-state index >= 15 is 0 Å². The molecule has 0 fully saturated rings. The Balaban J connectivity index is 3.16. The lowest BCUT2D eigenvalue weighted by molar-refractivity contribution is 0.126. The van der Waals surface area contributed by atoms with Crippen LogP contribution in [0, 0.1) is 0 Å². The van der Waals surface area contributed by atoms with Crippen molar-refractivity contribution in [3.8, 4) is 0 Å². The summed E-state index contributed by atoms with van der Waals surface area (Å²) in [6.45, 7) is -0.278. The van der Waals surface area contributed by atoms with E-state index in [1.54, 1.807) is 0 Å². The fraction of sp³-hybridized carbons (Fsp3) is 1.00. The van der Waals surface area contributed by atoms with Crippen molar-refractivity contribution < 1.29 is 18.1 Å². The van der Waals surface area contributed by atoms with Crippen LogP contribution in [0.4, 0.5) is 0 Å². The van der Waals surface area contributed by atoms with Gasteiger partial charge in [-0.3, -0.25) is 4.18 Å². The molecule has 0 aromatic rings. The molecule has 0 rings (SSSR count). The minimum absolute atomic E-state index is 0.0306. The quantitative estimate of drug-likeness (QED) is 0.455. The average Bonchev–Trinajstić information content (AvgIpc) is 1.83. The Morgan fingerprint density at radius 2 is 2.44 bits per heavy atom. The van der Waals surface area contributed by atoms with E-state index in [1.807, 2.05) is 0 Å². The highest BCUT2D eigenvalue weighted by Gasteiger charge is 2.00. The summed E-state index contributed by atoms with van der Waals surface area (Å²) in [6.07, 6.45) is -0.912. The summed E-state index contributed by atoms with van der Waals surface area (Å²) in [7, 11) is 0. The first-order chi connectivity index (χ1) is 4.16. The lowest BCUT2D eigenvalue weighted by atomic mass is 10.4. The molecule has 56 valence electrons. The third kappa shape index (κ3) is 6.20. The standard InChI is InChI=1S/C3H7ClO4S/c4-1-3(5)2-8-9(6)7/h3,5H,1-2H2,(H,6,7)/p-1. The van der Waals surface area contributed by atoms with Crippen LogP contribution in [0.1, 0.15) is 0 Å². The number of hydrogen-bond donors (Lipinski definition) is 1. The fourth-order valence-electron chi connectivity index (χ4n) is 0.179. The molecule has 2 atom stereocenters. The predicted molar refractivity (Wildman–Crippen MR) is 31.6 cm³/mol. The first-order valence-electron chi connectivity index (χ1n) is 2.13. The molecule has 6 heteroatoms. The monoisotopic (exact) mass is 173 g/mol. The molecule has 0 heterocycles. The van der Waals surface area contributed by atoms with Crippen LogP contribution in [0.15, 0.2) is 0 Å². The second-order valence-corrected chi connectivity index (χ2v) is 2.25. The van der Waals surface area contributed by atoms with Gasteiger partial charge in [-0.15, -0.1) is 11.6 Å². The molecule has 0 aliphatic heterocycles. The van der Waals surface area contributed by atoms with Crippen LogP contribution in [-0.4, -0.2) is 32.5 Å². The lowest BCUT2D eigenvalue weighted by Crippen LogP contribution is -2.17. The number of rotatable bonds is 4. The molecule has 0 saturated carbocycles. The van der Waals surface area contributed by atoms with E-state index in [1.165, 1.54) is 0 Å². The Morgan fingerprint density at radius 3 is 2.78 bits per heavy atom. The zero-order valence-electron chi connectivity index (χ0n) is 4.45. The summed E-state index contributed by atoms with van der Waals surface area (Å²) in [6, 6.07) is 0. The first kappa shape index (κ1) is 9.32. The van der Waals surface area contributed by atoms with Crippen LogP contribution in [0.3, 0.4) is 0 Å². The van der Waals surface area contributed by atoms with Crippen LogP contribution in [0.2, 0.25) is 0 Å². The Kier molecular flexibility index (Phi) is 5.31. The SMILES string of the molecule is O=S([O-])OCC(O)CCl. The van der Waals surface area contributed by atoms with Gasteiger partial charge in [0.1, 0.15) is 0 Å². The molecule has 0 radical (unpaired) electrons. The van der Waals surface area contributed by atoms with E-state index in [4.69, 9.17) is 16.7 Å². The molecule has 0 aliphatic carbocycles. The molecule has 0 aliphatic rings. The maximum absolute atomic E-state index is 9.64. The molecule has 0 bridgehead atoms. The second-order valence-electron chi connectivity index (χ2n) is 1.30. The Hall–Kier alpha value is 0.320. The van der Waals surface area contributed by atoms with Gasteiger partial charge in [0.25, 0.3) is 0 Å². The van der Waals surface area contributed by atoms with Crippen molar-refractivity contribution in [2.24, 2.45) is 0 Å². The van der Waals surface area contributed by atoms with Gasteiger partial charge in [-0.05, 0) is 0 Å². The molecule has 0 amide bonds. The Labute approximate surface area is 60.3 Å². The topological polar surface area (TPSA) is 69.6 Å². The van der Waals surface area contributed by atoms with E-state index in [0.29, 0.717) is 0 Å². The van der Waals surface area contributed by atoms with Crippen LogP contribution >= 0.6 is 11.6 Å². The maximum atomic E-state index is 9.64. The van der Waals surface area contributed by atoms with E-state index in [2.05, 4.69) is 4.18 Å². The molecular weight excluding hydrogens is 168 g/mol. The summed E-state index contributed by atoms with van der Waals surface area (Å²) in [5.41, 5.74) is 0. The van der Waals surface area contributed by atoms with Crippen LogP contribution in [0.5, 0.6) is 0 Å². The van der Waals surface area contributed by atoms with E-state index in [-0.39, 0.29) is 12.5 Å². The van der Waals surface area contributed by atoms with Gasteiger partial charge >= 0.3 is 0 Å². The Morgan fingerprint density at radius 1 is 1.89 bits per heavy atom. The summed E-state index contributed by atoms with van der Waals surface area (Å²) < 4.78 is 23.3. The Bertz CT molecular complexity index is 97.8. The van der Waals surface area contributed by atoms with Gasteiger partial charge in [0, 0.05) is 0 Å². The number of halogens is 1. The zero-order chi connectivity index (χ0) is 7.28. The third-order valence-corrected chi connectivity index (χ3v) is 1.22. The van der Waals surface area contributed by atoms with Crippen molar-refractivity contribution in [2.75, 3.05) is 12.5 Å². The van der Waals surface area contributed by atoms with Gasteiger partial charge < -0.3 is 9.66 Å². The smallest absolute Gasteiger partial charge is 0.0921 e. The molecule has 0 aromatic heterocycles. The minimum Gasteiger partial charge on any atom is -0.750 e. The zero-order valence-corrected chi connectivity index (χ0v) is 6.02. The minimum atomic E-state index is -2.56. The number of hydrogen-bond acceptors (Lipinski definition) is 4. The molecule has 0 saturated heterocycles. The molecule has 1 N–H and O–H groups in total. The normalized spacial score (nSPS) is 17.2. The van der Waals surface area contributed by atoms with Gasteiger partial charge in [0.05, 0.1) is 30.0 Å². The van der Waals surface area contributed by atoms with E-state index < -0.39 is 17.5 Å². The lowest BCUT2D eigenvalue weighted by Gasteiger charge is -2.07. The first-order valence-corrected chi connectivity index (χ1v) is 3.67. The van der Waals surface area contributed by atoms with Gasteiger partial charge in [-0.25, -0.2) is 4.21 Å². The van der Waals surface area contributed by atoms with Crippen LogP contribution in [0.25, 0.3) is 0 Å². The maximum Gasteiger partial charge on any atom is 0.0921 e.